The summed E-state index contributed by atoms with van der Waals surface area (Å²) < 4.78 is 5.27. The smallest absolute Gasteiger partial charge is 0.119 e. The third-order valence-electron chi connectivity index (χ3n) is 3.38. The van der Waals surface area contributed by atoms with Gasteiger partial charge in [0.25, 0.3) is 0 Å². The van der Waals surface area contributed by atoms with Crippen molar-refractivity contribution in [1.29, 1.82) is 5.26 Å². The normalized spacial score (nSPS) is 11.3. The van der Waals surface area contributed by atoms with Crippen LogP contribution in [-0.4, -0.2) is 7.11 Å². The second-order valence-corrected chi connectivity index (χ2v) is 5.81. The highest BCUT2D eigenvalue weighted by Gasteiger charge is 2.16. The van der Waals surface area contributed by atoms with Gasteiger partial charge in [0.05, 0.1) is 19.6 Å². The van der Waals surface area contributed by atoms with Crippen molar-refractivity contribution in [2.45, 2.75) is 32.6 Å². The fourth-order valence-corrected chi connectivity index (χ4v) is 2.21. The van der Waals surface area contributed by atoms with Gasteiger partial charge in [-0.3, -0.25) is 0 Å². The van der Waals surface area contributed by atoms with Gasteiger partial charge in [-0.1, -0.05) is 39.0 Å². The second kappa shape index (κ2) is 4.93. The maximum absolute atomic E-state index is 9.02. The summed E-state index contributed by atoms with van der Waals surface area (Å²) in [5.41, 5.74) is 2.41. The van der Waals surface area contributed by atoms with Crippen molar-refractivity contribution in [3.8, 4) is 11.8 Å². The molecule has 0 aliphatic carbocycles. The van der Waals surface area contributed by atoms with Gasteiger partial charge in [0.1, 0.15) is 5.75 Å². The lowest BCUT2D eigenvalue weighted by molar-refractivity contribution is 0.415. The van der Waals surface area contributed by atoms with Gasteiger partial charge >= 0.3 is 0 Å². The Bertz CT molecular complexity index is 645. The van der Waals surface area contributed by atoms with Crippen LogP contribution in [0.15, 0.2) is 30.3 Å². The van der Waals surface area contributed by atoms with Crippen molar-refractivity contribution in [3.05, 3.63) is 41.5 Å². The number of nitriles is 1. The molecule has 2 aromatic rings. The first-order valence-corrected chi connectivity index (χ1v) is 6.44. The topological polar surface area (TPSA) is 33.0 Å². The van der Waals surface area contributed by atoms with Crippen LogP contribution in [0.4, 0.5) is 0 Å². The number of rotatable bonds is 2. The van der Waals surface area contributed by atoms with E-state index in [4.69, 9.17) is 10.00 Å². The zero-order valence-corrected chi connectivity index (χ0v) is 11.9. The lowest BCUT2D eigenvalue weighted by atomic mass is 9.84. The van der Waals surface area contributed by atoms with Gasteiger partial charge in [0.15, 0.2) is 0 Å². The molecule has 0 aromatic heterocycles. The van der Waals surface area contributed by atoms with Gasteiger partial charge in [0.2, 0.25) is 0 Å². The van der Waals surface area contributed by atoms with Crippen molar-refractivity contribution in [1.82, 2.24) is 0 Å². The Morgan fingerprint density at radius 2 is 1.89 bits per heavy atom. The SMILES string of the molecule is COc1ccc2cc(C(C)(C)C)cc(CC#N)c2c1. The first-order valence-electron chi connectivity index (χ1n) is 6.44. The highest BCUT2D eigenvalue weighted by atomic mass is 16.5. The zero-order chi connectivity index (χ0) is 14.0. The van der Waals surface area contributed by atoms with Gasteiger partial charge in [-0.25, -0.2) is 0 Å². The number of hydrogen-bond donors (Lipinski definition) is 0. The summed E-state index contributed by atoms with van der Waals surface area (Å²) in [5, 5.41) is 11.3. The average Bonchev–Trinajstić information content (AvgIpc) is 2.37. The third kappa shape index (κ3) is 2.71. The first-order chi connectivity index (χ1) is 8.95. The van der Waals surface area contributed by atoms with Gasteiger partial charge < -0.3 is 4.74 Å². The van der Waals surface area contributed by atoms with Crippen LogP contribution in [0.5, 0.6) is 5.75 Å². The molecule has 98 valence electrons. The number of benzene rings is 2. The number of methoxy groups -OCH3 is 1. The highest BCUT2D eigenvalue weighted by molar-refractivity contribution is 5.88. The average molecular weight is 253 g/mol. The molecule has 0 unspecified atom stereocenters. The van der Waals surface area contributed by atoms with Crippen LogP contribution in [0.2, 0.25) is 0 Å². The van der Waals surface area contributed by atoms with Gasteiger partial charge in [-0.05, 0) is 39.4 Å². The third-order valence-corrected chi connectivity index (χ3v) is 3.38. The lowest BCUT2D eigenvalue weighted by Crippen LogP contribution is -2.11. The van der Waals surface area contributed by atoms with E-state index in [2.05, 4.69) is 45.0 Å². The fraction of sp³-hybridized carbons (Fsp3) is 0.353. The van der Waals surface area contributed by atoms with Gasteiger partial charge in [-0.15, -0.1) is 0 Å². The van der Waals surface area contributed by atoms with E-state index in [-0.39, 0.29) is 5.41 Å². The summed E-state index contributed by atoms with van der Waals surface area (Å²) in [7, 11) is 1.66. The zero-order valence-electron chi connectivity index (χ0n) is 11.9. The van der Waals surface area contributed by atoms with E-state index in [9.17, 15) is 0 Å². The molecule has 0 spiro atoms. The number of nitrogens with zero attached hydrogens (tertiary/aromatic N) is 1. The van der Waals surface area contributed by atoms with Crippen LogP contribution in [0.25, 0.3) is 10.8 Å². The Labute approximate surface area is 114 Å². The minimum absolute atomic E-state index is 0.0817. The minimum Gasteiger partial charge on any atom is -0.497 e. The number of ether oxygens (including phenoxy) is 1. The summed E-state index contributed by atoms with van der Waals surface area (Å²) in [6.45, 7) is 6.57. The van der Waals surface area contributed by atoms with Crippen molar-refractivity contribution in [3.63, 3.8) is 0 Å². The molecule has 0 radical (unpaired) electrons. The van der Waals surface area contributed by atoms with Crippen LogP contribution < -0.4 is 4.74 Å². The summed E-state index contributed by atoms with van der Waals surface area (Å²) in [5.74, 6) is 0.829. The van der Waals surface area contributed by atoms with E-state index in [1.54, 1.807) is 7.11 Å². The summed E-state index contributed by atoms with van der Waals surface area (Å²) >= 11 is 0. The van der Waals surface area contributed by atoms with E-state index < -0.39 is 0 Å². The molecule has 2 rings (SSSR count). The molecule has 0 N–H and O–H groups in total. The first kappa shape index (κ1) is 13.4. The molecule has 0 aliphatic rings. The largest absolute Gasteiger partial charge is 0.497 e. The Morgan fingerprint density at radius 1 is 1.16 bits per heavy atom. The highest BCUT2D eigenvalue weighted by Crippen LogP contribution is 2.31. The molecule has 0 heterocycles. The van der Waals surface area contributed by atoms with Crippen LogP contribution in [0.3, 0.4) is 0 Å². The van der Waals surface area contributed by atoms with Gasteiger partial charge in [-0.2, -0.15) is 5.26 Å². The Kier molecular flexibility index (Phi) is 3.48. The quantitative estimate of drug-likeness (QED) is 0.803. The fourth-order valence-electron chi connectivity index (χ4n) is 2.21. The van der Waals surface area contributed by atoms with Crippen LogP contribution in [0, 0.1) is 11.3 Å². The number of fused-ring (bicyclic) bond motifs is 1. The van der Waals surface area contributed by atoms with Crippen molar-refractivity contribution < 1.29 is 4.74 Å². The molecule has 0 amide bonds. The summed E-state index contributed by atoms with van der Waals surface area (Å²) in [6.07, 6.45) is 0.424. The minimum atomic E-state index is 0.0817. The van der Waals surface area contributed by atoms with Crippen LogP contribution in [-0.2, 0) is 11.8 Å². The van der Waals surface area contributed by atoms with Crippen molar-refractivity contribution in [2.75, 3.05) is 7.11 Å². The van der Waals surface area contributed by atoms with Crippen molar-refractivity contribution >= 4 is 10.8 Å². The summed E-state index contributed by atoms with van der Waals surface area (Å²) in [6, 6.07) is 12.6. The van der Waals surface area contributed by atoms with E-state index in [0.717, 1.165) is 16.7 Å². The molecule has 0 saturated carbocycles. The summed E-state index contributed by atoms with van der Waals surface area (Å²) in [4.78, 5) is 0. The van der Waals surface area contributed by atoms with Gasteiger partial charge in [0, 0.05) is 0 Å². The molecule has 0 atom stereocenters. The predicted molar refractivity (Wildman–Crippen MR) is 78.5 cm³/mol. The molecule has 0 fully saturated rings. The Morgan fingerprint density at radius 3 is 2.47 bits per heavy atom. The molecule has 0 aliphatic heterocycles. The van der Waals surface area contributed by atoms with Crippen molar-refractivity contribution in [2.24, 2.45) is 0 Å². The van der Waals surface area contributed by atoms with E-state index in [1.807, 2.05) is 12.1 Å². The monoisotopic (exact) mass is 253 g/mol. The van der Waals surface area contributed by atoms with E-state index in [0.29, 0.717) is 6.42 Å². The van der Waals surface area contributed by atoms with Crippen LogP contribution in [0.1, 0.15) is 31.9 Å². The molecule has 0 bridgehead atoms. The maximum atomic E-state index is 9.02. The predicted octanol–water partition coefficient (Wildman–Crippen LogP) is 4.21. The molecule has 19 heavy (non-hydrogen) atoms. The molecular formula is C17H19NO. The standard InChI is InChI=1S/C17H19NO/c1-17(2,3)14-9-12-5-6-15(19-4)11-16(12)13(10-14)7-8-18/h5-6,9-11H,7H2,1-4H3. The maximum Gasteiger partial charge on any atom is 0.119 e. The van der Waals surface area contributed by atoms with E-state index >= 15 is 0 Å². The van der Waals surface area contributed by atoms with E-state index in [1.165, 1.54) is 10.9 Å². The molecule has 2 heteroatoms. The second-order valence-electron chi connectivity index (χ2n) is 5.81. The Balaban J connectivity index is 2.72. The van der Waals surface area contributed by atoms with Crippen LogP contribution >= 0.6 is 0 Å². The number of hydrogen-bond acceptors (Lipinski definition) is 2. The molecular weight excluding hydrogens is 234 g/mol. The molecule has 2 aromatic carbocycles. The molecule has 2 nitrogen and oxygen atoms in total. The Hall–Kier alpha value is -2.01. The lowest BCUT2D eigenvalue weighted by Gasteiger charge is -2.21. The molecule has 0 saturated heterocycles.